The number of carbonyl (C=O) groups is 1. The number of phenols is 6. The van der Waals surface area contributed by atoms with Crippen molar-refractivity contribution in [1.29, 1.82) is 0 Å². The van der Waals surface area contributed by atoms with Crippen molar-refractivity contribution < 1.29 is 40.5 Å². The standard InChI is InChI=1S/C30H16O10/c1-8-2-10-18(12(31)3-8)28(37)24-16(35)6-14(33)22-23-15(34)7-17(36)25-27(23)21(20(10)26(22)24)11-4-9(30(39)40)5-13(32)19(11)29(25)38/h2-7,31-36H,1H3,(H,39,40). The molecule has 0 heterocycles. The second-order valence-electron chi connectivity index (χ2n) is 9.92. The Bertz CT molecular complexity index is 2460. The minimum atomic E-state index is -1.42. The number of benzene rings is 7. The van der Waals surface area contributed by atoms with E-state index in [4.69, 9.17) is 0 Å². The number of hydrogen-bond acceptors (Lipinski definition) is 9. The molecule has 7 rings (SSSR count). The van der Waals surface area contributed by atoms with Gasteiger partial charge in [-0.3, -0.25) is 9.59 Å². The first-order valence-electron chi connectivity index (χ1n) is 11.9. The van der Waals surface area contributed by atoms with Gasteiger partial charge in [-0.25, -0.2) is 4.79 Å². The van der Waals surface area contributed by atoms with Gasteiger partial charge in [0.15, 0.2) is 0 Å². The zero-order valence-corrected chi connectivity index (χ0v) is 20.3. The van der Waals surface area contributed by atoms with E-state index in [9.17, 15) is 50.1 Å². The van der Waals surface area contributed by atoms with Crippen molar-refractivity contribution >= 4 is 70.6 Å². The van der Waals surface area contributed by atoms with Crippen LogP contribution in [0, 0.1) is 6.92 Å². The molecule has 7 aromatic carbocycles. The van der Waals surface area contributed by atoms with Crippen molar-refractivity contribution in [1.82, 2.24) is 0 Å². The average molecular weight is 536 g/mol. The molecule has 10 nitrogen and oxygen atoms in total. The Morgan fingerprint density at radius 3 is 1.35 bits per heavy atom. The highest BCUT2D eigenvalue weighted by Crippen LogP contribution is 2.53. The monoisotopic (exact) mass is 536 g/mol. The molecule has 40 heavy (non-hydrogen) atoms. The van der Waals surface area contributed by atoms with Gasteiger partial charge in [0.25, 0.3) is 0 Å². The summed E-state index contributed by atoms with van der Waals surface area (Å²) in [4.78, 5) is 39.4. The summed E-state index contributed by atoms with van der Waals surface area (Å²) in [5.41, 5.74) is -1.51. The number of carboxylic acid groups (broad SMARTS) is 1. The molecule has 0 spiro atoms. The van der Waals surface area contributed by atoms with Gasteiger partial charge in [-0.05, 0) is 52.2 Å². The molecule has 7 N–H and O–H groups in total. The lowest BCUT2D eigenvalue weighted by molar-refractivity contribution is 0.0696. The van der Waals surface area contributed by atoms with E-state index in [0.29, 0.717) is 5.56 Å². The largest absolute Gasteiger partial charge is 0.507 e. The van der Waals surface area contributed by atoms with Crippen LogP contribution in [0.5, 0.6) is 34.5 Å². The third-order valence-corrected chi connectivity index (χ3v) is 7.64. The molecule has 10 heteroatoms. The van der Waals surface area contributed by atoms with Gasteiger partial charge in [0.2, 0.25) is 10.9 Å². The SMILES string of the molecule is Cc1cc(O)c2c(=O)c3c(O)cc(O)c4c5c(O)cc(O)c6c(=O)c7c(O)cc(C(=O)O)cc7c(c65)c(c2c1)c34. The minimum absolute atomic E-state index is 0.0324. The molecule has 0 unspecified atom stereocenters. The summed E-state index contributed by atoms with van der Waals surface area (Å²) in [5, 5.41) is 73.9. The Balaban J connectivity index is 2.08. The number of hydrogen-bond donors (Lipinski definition) is 7. The van der Waals surface area contributed by atoms with Gasteiger partial charge in [-0.2, -0.15) is 0 Å². The van der Waals surface area contributed by atoms with Crippen molar-refractivity contribution in [2.24, 2.45) is 0 Å². The van der Waals surface area contributed by atoms with Crippen molar-refractivity contribution in [3.63, 3.8) is 0 Å². The summed E-state index contributed by atoms with van der Waals surface area (Å²) in [6, 6.07) is 6.73. The number of fused-ring (bicyclic) bond motifs is 6. The summed E-state index contributed by atoms with van der Waals surface area (Å²) in [5.74, 6) is -4.90. The third-order valence-electron chi connectivity index (χ3n) is 7.64. The van der Waals surface area contributed by atoms with Gasteiger partial charge in [0.05, 0.1) is 27.1 Å². The van der Waals surface area contributed by atoms with Crippen molar-refractivity contribution in [3.8, 4) is 34.5 Å². The highest BCUT2D eigenvalue weighted by atomic mass is 16.4. The molecule has 0 saturated heterocycles. The molecule has 196 valence electrons. The summed E-state index contributed by atoms with van der Waals surface area (Å²) < 4.78 is 0. The van der Waals surface area contributed by atoms with Gasteiger partial charge >= 0.3 is 5.97 Å². The average Bonchev–Trinajstić information content (AvgIpc) is 2.85. The van der Waals surface area contributed by atoms with Crippen LogP contribution >= 0.6 is 0 Å². The molecule has 7 aromatic rings. The van der Waals surface area contributed by atoms with E-state index < -0.39 is 51.3 Å². The van der Waals surface area contributed by atoms with E-state index in [-0.39, 0.29) is 70.2 Å². The molecule has 0 aliphatic heterocycles. The van der Waals surface area contributed by atoms with Crippen LogP contribution in [0.1, 0.15) is 15.9 Å². The molecule has 0 aliphatic rings. The van der Waals surface area contributed by atoms with E-state index in [1.165, 1.54) is 6.07 Å². The van der Waals surface area contributed by atoms with E-state index in [2.05, 4.69) is 0 Å². The maximum atomic E-state index is 13.7. The number of carboxylic acids is 1. The summed E-state index contributed by atoms with van der Waals surface area (Å²) >= 11 is 0. The van der Waals surface area contributed by atoms with Crippen LogP contribution < -0.4 is 10.9 Å². The highest BCUT2D eigenvalue weighted by Gasteiger charge is 2.29. The third kappa shape index (κ3) is 2.59. The molecule has 0 fully saturated rings. The number of rotatable bonds is 1. The van der Waals surface area contributed by atoms with Crippen LogP contribution in [0.3, 0.4) is 0 Å². The first kappa shape index (κ1) is 23.4. The van der Waals surface area contributed by atoms with E-state index in [0.717, 1.165) is 24.3 Å². The summed E-state index contributed by atoms with van der Waals surface area (Å²) in [7, 11) is 0. The predicted molar refractivity (Wildman–Crippen MR) is 148 cm³/mol. The Morgan fingerprint density at radius 1 is 0.475 bits per heavy atom. The first-order valence-corrected chi connectivity index (χ1v) is 11.9. The van der Waals surface area contributed by atoms with Gasteiger partial charge in [-0.15, -0.1) is 0 Å². The Hall–Kier alpha value is -5.77. The molecule has 0 aliphatic carbocycles. The van der Waals surface area contributed by atoms with Gasteiger partial charge in [0.1, 0.15) is 34.5 Å². The maximum Gasteiger partial charge on any atom is 0.335 e. The zero-order valence-electron chi connectivity index (χ0n) is 20.3. The van der Waals surface area contributed by atoms with Crippen LogP contribution in [0.2, 0.25) is 0 Å². The van der Waals surface area contributed by atoms with Gasteiger partial charge < -0.3 is 35.7 Å². The van der Waals surface area contributed by atoms with E-state index in [1.807, 2.05) is 0 Å². The molecule has 0 amide bonds. The molecule has 0 aromatic heterocycles. The topological polar surface area (TPSA) is 193 Å². The maximum absolute atomic E-state index is 13.7. The fraction of sp³-hybridized carbons (Fsp3) is 0.0333. The van der Waals surface area contributed by atoms with E-state index >= 15 is 0 Å². The lowest BCUT2D eigenvalue weighted by Gasteiger charge is -2.20. The van der Waals surface area contributed by atoms with Crippen LogP contribution in [0.15, 0.2) is 46.0 Å². The molecule has 0 radical (unpaired) electrons. The second-order valence-corrected chi connectivity index (χ2v) is 9.92. The van der Waals surface area contributed by atoms with Gasteiger partial charge in [0, 0.05) is 33.7 Å². The van der Waals surface area contributed by atoms with Crippen LogP contribution in [-0.4, -0.2) is 41.7 Å². The lowest BCUT2D eigenvalue weighted by atomic mass is 9.82. The quantitative estimate of drug-likeness (QED) is 0.116. The summed E-state index contributed by atoms with van der Waals surface area (Å²) in [6.45, 7) is 1.65. The van der Waals surface area contributed by atoms with Crippen molar-refractivity contribution in [3.05, 3.63) is 68.0 Å². The first-order chi connectivity index (χ1) is 18.9. The molecule has 0 bridgehead atoms. The molecule has 0 saturated carbocycles. The molecular formula is C30H16O10. The fourth-order valence-corrected chi connectivity index (χ4v) is 6.20. The Kier molecular flexibility index (Phi) is 4.21. The summed E-state index contributed by atoms with van der Waals surface area (Å²) in [6.07, 6.45) is 0. The molecule has 0 atom stereocenters. The minimum Gasteiger partial charge on any atom is -0.507 e. The smallest absolute Gasteiger partial charge is 0.335 e. The molecular weight excluding hydrogens is 520 g/mol. The number of phenolic OH excluding ortho intramolecular Hbond substituents is 6. The number of aryl methyl sites for hydroxylation is 1. The zero-order chi connectivity index (χ0) is 28.5. The Morgan fingerprint density at radius 2 is 0.875 bits per heavy atom. The number of aromatic carboxylic acids is 1. The number of aromatic hydroxyl groups is 6. The van der Waals surface area contributed by atoms with Crippen LogP contribution in [0.25, 0.3) is 64.6 Å². The lowest BCUT2D eigenvalue weighted by Crippen LogP contribution is -2.09. The Labute approximate surface area is 220 Å². The fourth-order valence-electron chi connectivity index (χ4n) is 6.20. The highest BCUT2D eigenvalue weighted by molar-refractivity contribution is 6.45. The van der Waals surface area contributed by atoms with Crippen molar-refractivity contribution in [2.75, 3.05) is 0 Å². The van der Waals surface area contributed by atoms with Crippen molar-refractivity contribution in [2.45, 2.75) is 6.92 Å². The van der Waals surface area contributed by atoms with E-state index in [1.54, 1.807) is 13.0 Å². The normalized spacial score (nSPS) is 12.1. The van der Waals surface area contributed by atoms with Crippen LogP contribution in [0.4, 0.5) is 0 Å². The van der Waals surface area contributed by atoms with Gasteiger partial charge in [-0.1, -0.05) is 6.07 Å². The second kappa shape index (κ2) is 7.20. The predicted octanol–water partition coefficient (Wildman–Crippen LogP) is 4.44. The van der Waals surface area contributed by atoms with Crippen LogP contribution in [-0.2, 0) is 0 Å².